The van der Waals surface area contributed by atoms with Crippen LogP contribution < -0.4 is 15.5 Å². The number of benzene rings is 3. The third-order valence-electron chi connectivity index (χ3n) is 5.99. The number of carbonyl (C=O) groups excluding carboxylic acids is 3. The lowest BCUT2D eigenvalue weighted by Crippen LogP contribution is -2.28. The van der Waals surface area contributed by atoms with Crippen LogP contribution in [0.2, 0.25) is 0 Å². The van der Waals surface area contributed by atoms with E-state index in [2.05, 4.69) is 10.6 Å². The fraction of sp³-hybridized carbons (Fsp3) is 0.222. The van der Waals surface area contributed by atoms with E-state index in [0.717, 1.165) is 28.1 Å². The van der Waals surface area contributed by atoms with Gasteiger partial charge in [0, 0.05) is 24.3 Å². The van der Waals surface area contributed by atoms with Gasteiger partial charge < -0.3 is 15.5 Å². The molecule has 1 fully saturated rings. The number of nitrogens with zero attached hydrogens (tertiary/aromatic N) is 1. The molecule has 0 unspecified atom stereocenters. The number of nitrogens with one attached hydrogen (secondary N) is 2. The first-order chi connectivity index (χ1) is 15.8. The standard InChI is InChI=1S/C27H27N3O3/c1-17-11-13-21(14-12-17)30-16-20(15-24(30)31)26(32)28-23-10-5-4-9-22(23)27(33)29-25-18(2)7-6-8-19(25)3/h4-14,20H,15-16H2,1-3H3,(H,28,32)(H,29,33)/t20-/m0/s1. The first kappa shape index (κ1) is 22.3. The van der Waals surface area contributed by atoms with Crippen LogP contribution in [0.1, 0.15) is 33.5 Å². The number of aryl methyl sites for hydroxylation is 3. The number of anilines is 3. The smallest absolute Gasteiger partial charge is 0.257 e. The molecule has 1 aliphatic rings. The molecule has 3 aromatic rings. The van der Waals surface area contributed by atoms with Gasteiger partial charge in [-0.05, 0) is 56.2 Å². The first-order valence-electron chi connectivity index (χ1n) is 11.0. The van der Waals surface area contributed by atoms with Crippen LogP contribution >= 0.6 is 0 Å². The highest BCUT2D eigenvalue weighted by Crippen LogP contribution is 2.27. The van der Waals surface area contributed by atoms with Crippen molar-refractivity contribution in [2.45, 2.75) is 27.2 Å². The molecule has 0 spiro atoms. The lowest BCUT2D eigenvalue weighted by molar-refractivity contribution is -0.122. The highest BCUT2D eigenvalue weighted by molar-refractivity contribution is 6.11. The Morgan fingerprint density at radius 1 is 0.848 bits per heavy atom. The highest BCUT2D eigenvalue weighted by Gasteiger charge is 2.35. The minimum Gasteiger partial charge on any atom is -0.325 e. The van der Waals surface area contributed by atoms with Crippen molar-refractivity contribution in [3.63, 3.8) is 0 Å². The van der Waals surface area contributed by atoms with E-state index in [1.807, 2.05) is 63.2 Å². The molecule has 6 nitrogen and oxygen atoms in total. The van der Waals surface area contributed by atoms with Gasteiger partial charge in [0.1, 0.15) is 0 Å². The van der Waals surface area contributed by atoms with Gasteiger partial charge in [-0.3, -0.25) is 14.4 Å². The predicted molar refractivity (Wildman–Crippen MR) is 131 cm³/mol. The maximum Gasteiger partial charge on any atom is 0.257 e. The Hall–Kier alpha value is -3.93. The lowest BCUT2D eigenvalue weighted by Gasteiger charge is -2.18. The van der Waals surface area contributed by atoms with Crippen LogP contribution in [0.3, 0.4) is 0 Å². The van der Waals surface area contributed by atoms with E-state index < -0.39 is 5.92 Å². The molecule has 4 rings (SSSR count). The molecule has 1 atom stereocenters. The third kappa shape index (κ3) is 4.80. The maximum absolute atomic E-state index is 13.0. The van der Waals surface area contributed by atoms with Crippen molar-refractivity contribution < 1.29 is 14.4 Å². The predicted octanol–water partition coefficient (Wildman–Crippen LogP) is 4.86. The number of carbonyl (C=O) groups is 3. The second-order valence-electron chi connectivity index (χ2n) is 8.50. The molecular formula is C27H27N3O3. The normalized spacial score (nSPS) is 15.4. The monoisotopic (exact) mass is 441 g/mol. The highest BCUT2D eigenvalue weighted by atomic mass is 16.2. The molecule has 0 aliphatic carbocycles. The molecule has 3 aromatic carbocycles. The topological polar surface area (TPSA) is 78.5 Å². The van der Waals surface area contributed by atoms with Gasteiger partial charge in [-0.1, -0.05) is 48.0 Å². The van der Waals surface area contributed by atoms with Crippen molar-refractivity contribution in [2.75, 3.05) is 22.1 Å². The van der Waals surface area contributed by atoms with E-state index >= 15 is 0 Å². The van der Waals surface area contributed by atoms with E-state index in [-0.39, 0.29) is 24.1 Å². The lowest BCUT2D eigenvalue weighted by atomic mass is 10.1. The van der Waals surface area contributed by atoms with E-state index in [9.17, 15) is 14.4 Å². The average molecular weight is 442 g/mol. The van der Waals surface area contributed by atoms with Gasteiger partial charge in [0.2, 0.25) is 11.8 Å². The summed E-state index contributed by atoms with van der Waals surface area (Å²) in [5, 5.41) is 5.84. The number of para-hydroxylation sites is 2. The summed E-state index contributed by atoms with van der Waals surface area (Å²) in [5.41, 5.74) is 5.38. The molecule has 33 heavy (non-hydrogen) atoms. The quantitative estimate of drug-likeness (QED) is 0.594. The summed E-state index contributed by atoms with van der Waals surface area (Å²) in [7, 11) is 0. The summed E-state index contributed by atoms with van der Waals surface area (Å²) in [4.78, 5) is 40.2. The Labute approximate surface area is 193 Å². The Morgan fingerprint density at radius 2 is 1.52 bits per heavy atom. The van der Waals surface area contributed by atoms with Gasteiger partial charge in [0.25, 0.3) is 5.91 Å². The summed E-state index contributed by atoms with van der Waals surface area (Å²) < 4.78 is 0. The largest absolute Gasteiger partial charge is 0.325 e. The van der Waals surface area contributed by atoms with Gasteiger partial charge in [-0.25, -0.2) is 0 Å². The van der Waals surface area contributed by atoms with Crippen LogP contribution in [0, 0.1) is 26.7 Å². The second-order valence-corrected chi connectivity index (χ2v) is 8.50. The van der Waals surface area contributed by atoms with Crippen molar-refractivity contribution in [3.05, 3.63) is 89.0 Å². The number of hydrogen-bond donors (Lipinski definition) is 2. The summed E-state index contributed by atoms with van der Waals surface area (Å²) >= 11 is 0. The van der Waals surface area contributed by atoms with Crippen LogP contribution in [0.25, 0.3) is 0 Å². The first-order valence-corrected chi connectivity index (χ1v) is 11.0. The molecule has 0 radical (unpaired) electrons. The second kappa shape index (κ2) is 9.28. The minimum absolute atomic E-state index is 0.0833. The zero-order chi connectivity index (χ0) is 23.5. The van der Waals surface area contributed by atoms with Crippen LogP contribution in [-0.4, -0.2) is 24.3 Å². The maximum atomic E-state index is 13.0. The van der Waals surface area contributed by atoms with E-state index in [4.69, 9.17) is 0 Å². The Kier molecular flexibility index (Phi) is 6.27. The Bertz CT molecular complexity index is 1200. The molecule has 168 valence electrons. The van der Waals surface area contributed by atoms with Crippen molar-refractivity contribution in [1.29, 1.82) is 0 Å². The van der Waals surface area contributed by atoms with Crippen molar-refractivity contribution in [3.8, 4) is 0 Å². The molecule has 0 saturated carbocycles. The molecule has 2 N–H and O–H groups in total. The van der Waals surface area contributed by atoms with Gasteiger partial charge in [-0.15, -0.1) is 0 Å². The SMILES string of the molecule is Cc1ccc(N2C[C@@H](C(=O)Nc3ccccc3C(=O)Nc3c(C)cccc3C)CC2=O)cc1. The van der Waals surface area contributed by atoms with E-state index in [0.29, 0.717) is 17.8 Å². The molecule has 6 heteroatoms. The Balaban J connectivity index is 1.49. The van der Waals surface area contributed by atoms with E-state index in [1.54, 1.807) is 29.2 Å². The molecule has 0 bridgehead atoms. The van der Waals surface area contributed by atoms with Gasteiger partial charge in [0.15, 0.2) is 0 Å². The molecule has 3 amide bonds. The summed E-state index contributed by atoms with van der Waals surface area (Å²) in [6.45, 7) is 6.17. The van der Waals surface area contributed by atoms with Crippen LogP contribution in [0.5, 0.6) is 0 Å². The number of rotatable bonds is 5. The third-order valence-corrected chi connectivity index (χ3v) is 5.99. The van der Waals surface area contributed by atoms with Crippen molar-refractivity contribution >= 4 is 34.8 Å². The van der Waals surface area contributed by atoms with Gasteiger partial charge in [0.05, 0.1) is 17.2 Å². The molecular weight excluding hydrogens is 414 g/mol. The fourth-order valence-corrected chi connectivity index (χ4v) is 4.07. The molecule has 1 heterocycles. The molecule has 0 aromatic heterocycles. The summed E-state index contributed by atoms with van der Waals surface area (Å²) in [5.74, 6) is -1.15. The van der Waals surface area contributed by atoms with Gasteiger partial charge in [-0.2, -0.15) is 0 Å². The zero-order valence-corrected chi connectivity index (χ0v) is 19.0. The molecule has 1 saturated heterocycles. The molecule has 1 aliphatic heterocycles. The van der Waals surface area contributed by atoms with Gasteiger partial charge >= 0.3 is 0 Å². The number of amides is 3. The fourth-order valence-electron chi connectivity index (χ4n) is 4.07. The van der Waals surface area contributed by atoms with E-state index in [1.165, 1.54) is 0 Å². The van der Waals surface area contributed by atoms with Crippen molar-refractivity contribution in [1.82, 2.24) is 0 Å². The summed E-state index contributed by atoms with van der Waals surface area (Å²) in [6, 6.07) is 20.4. The van der Waals surface area contributed by atoms with Crippen LogP contribution in [-0.2, 0) is 9.59 Å². The average Bonchev–Trinajstić information content (AvgIpc) is 3.19. The zero-order valence-electron chi connectivity index (χ0n) is 19.0. The van der Waals surface area contributed by atoms with Crippen molar-refractivity contribution in [2.24, 2.45) is 5.92 Å². The minimum atomic E-state index is -0.492. The van der Waals surface area contributed by atoms with Crippen LogP contribution in [0.4, 0.5) is 17.1 Å². The summed E-state index contributed by atoms with van der Waals surface area (Å²) in [6.07, 6.45) is 0.135. The number of hydrogen-bond acceptors (Lipinski definition) is 3. The Morgan fingerprint density at radius 3 is 2.21 bits per heavy atom. The van der Waals surface area contributed by atoms with Crippen LogP contribution in [0.15, 0.2) is 66.7 Å².